The number of ether oxygens (including phenoxy) is 2. The molecule has 1 atom stereocenters. The standard InChI is InChI=1S/C27H25N5O3/c1-17-23(26(33)29-21-11-7-8-12-22(21)35-3)24(18-13-15-20(34-2)16-14-18)32-27(28-17)30-25(31-32)19-9-5-4-6-10-19/h4-16,24H,1-3H3,(H,29,33)(H,28,30,31). The number of aromatic nitrogens is 3. The number of allylic oxidation sites excluding steroid dienone is 1. The first-order chi connectivity index (χ1) is 17.1. The first kappa shape index (κ1) is 22.2. The summed E-state index contributed by atoms with van der Waals surface area (Å²) in [4.78, 5) is 18.4. The number of amides is 1. The minimum atomic E-state index is -0.503. The molecule has 5 rings (SSSR count). The number of nitrogens with one attached hydrogen (secondary N) is 2. The van der Waals surface area contributed by atoms with Gasteiger partial charge in [-0.3, -0.25) is 4.79 Å². The topological polar surface area (TPSA) is 90.3 Å². The van der Waals surface area contributed by atoms with Gasteiger partial charge in [0.1, 0.15) is 17.5 Å². The Balaban J connectivity index is 1.60. The molecule has 2 N–H and O–H groups in total. The maximum atomic E-state index is 13.7. The average Bonchev–Trinajstić information content (AvgIpc) is 3.32. The van der Waals surface area contributed by atoms with Crippen molar-refractivity contribution in [1.29, 1.82) is 0 Å². The van der Waals surface area contributed by atoms with E-state index in [9.17, 15) is 4.79 Å². The van der Waals surface area contributed by atoms with E-state index in [2.05, 4.69) is 10.6 Å². The Morgan fingerprint density at radius 2 is 1.66 bits per heavy atom. The molecular formula is C27H25N5O3. The van der Waals surface area contributed by atoms with Crippen molar-refractivity contribution in [3.8, 4) is 22.9 Å². The van der Waals surface area contributed by atoms with Crippen LogP contribution in [0.15, 0.2) is 90.1 Å². The Hall–Kier alpha value is -4.59. The highest BCUT2D eigenvalue weighted by Gasteiger charge is 2.34. The lowest BCUT2D eigenvalue weighted by Gasteiger charge is -2.29. The van der Waals surface area contributed by atoms with Crippen LogP contribution in [0.1, 0.15) is 18.5 Å². The molecule has 1 aliphatic heterocycles. The van der Waals surface area contributed by atoms with E-state index >= 15 is 0 Å². The molecule has 1 aromatic heterocycles. The minimum Gasteiger partial charge on any atom is -0.497 e. The maximum absolute atomic E-state index is 13.7. The third-order valence-electron chi connectivity index (χ3n) is 5.92. The number of methoxy groups -OCH3 is 2. The van der Waals surface area contributed by atoms with Crippen molar-refractivity contribution in [1.82, 2.24) is 14.8 Å². The van der Waals surface area contributed by atoms with Crippen LogP contribution in [0.4, 0.5) is 11.6 Å². The van der Waals surface area contributed by atoms with Crippen LogP contribution in [0.2, 0.25) is 0 Å². The molecule has 8 heteroatoms. The first-order valence-electron chi connectivity index (χ1n) is 11.2. The number of carbonyl (C=O) groups is 1. The Morgan fingerprint density at radius 3 is 2.37 bits per heavy atom. The molecular weight excluding hydrogens is 442 g/mol. The molecule has 1 unspecified atom stereocenters. The second-order valence-electron chi connectivity index (χ2n) is 8.06. The molecule has 176 valence electrons. The molecule has 8 nitrogen and oxygen atoms in total. The van der Waals surface area contributed by atoms with Gasteiger partial charge in [0.05, 0.1) is 25.5 Å². The van der Waals surface area contributed by atoms with E-state index in [-0.39, 0.29) is 5.91 Å². The van der Waals surface area contributed by atoms with Gasteiger partial charge in [-0.05, 0) is 36.8 Å². The fourth-order valence-corrected chi connectivity index (χ4v) is 4.19. The summed E-state index contributed by atoms with van der Waals surface area (Å²) in [5.41, 5.74) is 3.57. The van der Waals surface area contributed by atoms with Gasteiger partial charge in [-0.15, -0.1) is 5.10 Å². The van der Waals surface area contributed by atoms with Crippen molar-refractivity contribution < 1.29 is 14.3 Å². The molecule has 0 saturated carbocycles. The number of rotatable bonds is 6. The van der Waals surface area contributed by atoms with E-state index in [1.165, 1.54) is 0 Å². The van der Waals surface area contributed by atoms with Gasteiger partial charge in [-0.2, -0.15) is 4.98 Å². The van der Waals surface area contributed by atoms with Crippen molar-refractivity contribution in [3.63, 3.8) is 0 Å². The van der Waals surface area contributed by atoms with E-state index in [4.69, 9.17) is 19.6 Å². The fourth-order valence-electron chi connectivity index (χ4n) is 4.19. The highest BCUT2D eigenvalue weighted by atomic mass is 16.5. The monoisotopic (exact) mass is 467 g/mol. The lowest BCUT2D eigenvalue weighted by atomic mass is 9.95. The SMILES string of the molecule is COc1ccc(C2C(C(=O)Nc3ccccc3OC)=C(C)Nc3nc(-c4ccccc4)nn32)cc1. The predicted molar refractivity (Wildman–Crippen MR) is 135 cm³/mol. The zero-order chi connectivity index (χ0) is 24.4. The summed E-state index contributed by atoms with van der Waals surface area (Å²) in [7, 11) is 3.20. The van der Waals surface area contributed by atoms with E-state index in [1.807, 2.05) is 73.7 Å². The third-order valence-corrected chi connectivity index (χ3v) is 5.92. The Morgan fingerprint density at radius 1 is 0.943 bits per heavy atom. The highest BCUT2D eigenvalue weighted by molar-refractivity contribution is 6.06. The van der Waals surface area contributed by atoms with Gasteiger partial charge in [-0.1, -0.05) is 54.6 Å². The van der Waals surface area contributed by atoms with Crippen molar-refractivity contribution in [3.05, 3.63) is 95.7 Å². The van der Waals surface area contributed by atoms with Crippen LogP contribution < -0.4 is 20.1 Å². The fraction of sp³-hybridized carbons (Fsp3) is 0.148. The smallest absolute Gasteiger partial charge is 0.255 e. The number of hydrogen-bond acceptors (Lipinski definition) is 6. The Kier molecular flexibility index (Phi) is 5.93. The quantitative estimate of drug-likeness (QED) is 0.420. The molecule has 0 radical (unpaired) electrons. The number of fused-ring (bicyclic) bond motifs is 1. The van der Waals surface area contributed by atoms with Gasteiger partial charge in [-0.25, -0.2) is 4.68 Å². The van der Waals surface area contributed by atoms with Crippen molar-refractivity contribution in [2.24, 2.45) is 0 Å². The van der Waals surface area contributed by atoms with Gasteiger partial charge in [0, 0.05) is 11.3 Å². The van der Waals surface area contributed by atoms with E-state index in [0.29, 0.717) is 34.5 Å². The summed E-state index contributed by atoms with van der Waals surface area (Å²) in [5, 5.41) is 11.1. The molecule has 0 aliphatic carbocycles. The number of benzene rings is 3. The van der Waals surface area contributed by atoms with Crippen molar-refractivity contribution >= 4 is 17.5 Å². The zero-order valence-electron chi connectivity index (χ0n) is 19.6. The zero-order valence-corrected chi connectivity index (χ0v) is 19.6. The normalized spacial score (nSPS) is 14.7. The van der Waals surface area contributed by atoms with Crippen molar-refractivity contribution in [2.75, 3.05) is 24.9 Å². The van der Waals surface area contributed by atoms with Crippen LogP contribution in [-0.4, -0.2) is 34.9 Å². The van der Waals surface area contributed by atoms with E-state index in [1.54, 1.807) is 31.0 Å². The van der Waals surface area contributed by atoms with Gasteiger partial charge in [0.15, 0.2) is 5.82 Å². The third kappa shape index (κ3) is 4.21. The van der Waals surface area contributed by atoms with E-state index in [0.717, 1.165) is 16.9 Å². The number of para-hydroxylation sites is 2. The van der Waals surface area contributed by atoms with Crippen LogP contribution in [0.5, 0.6) is 11.5 Å². The molecule has 0 bridgehead atoms. The molecule has 2 heterocycles. The Bertz CT molecular complexity index is 1390. The lowest BCUT2D eigenvalue weighted by Crippen LogP contribution is -2.31. The van der Waals surface area contributed by atoms with Crippen LogP contribution >= 0.6 is 0 Å². The predicted octanol–water partition coefficient (Wildman–Crippen LogP) is 4.89. The molecule has 1 aliphatic rings. The van der Waals surface area contributed by atoms with Gasteiger partial charge < -0.3 is 20.1 Å². The largest absolute Gasteiger partial charge is 0.497 e. The molecule has 0 saturated heterocycles. The molecule has 4 aromatic rings. The number of carbonyl (C=O) groups excluding carboxylic acids is 1. The first-order valence-corrected chi connectivity index (χ1v) is 11.2. The average molecular weight is 468 g/mol. The van der Waals surface area contributed by atoms with Gasteiger partial charge in [0.2, 0.25) is 5.95 Å². The second kappa shape index (κ2) is 9.34. The van der Waals surface area contributed by atoms with Crippen LogP contribution in [-0.2, 0) is 4.79 Å². The molecule has 0 spiro atoms. The summed E-state index contributed by atoms with van der Waals surface area (Å²) in [6.07, 6.45) is 0. The molecule has 3 aromatic carbocycles. The maximum Gasteiger partial charge on any atom is 0.255 e. The highest BCUT2D eigenvalue weighted by Crippen LogP contribution is 2.37. The number of anilines is 2. The van der Waals surface area contributed by atoms with Crippen LogP contribution in [0.25, 0.3) is 11.4 Å². The number of nitrogens with zero attached hydrogens (tertiary/aromatic N) is 3. The van der Waals surface area contributed by atoms with Gasteiger partial charge in [0.25, 0.3) is 5.91 Å². The minimum absolute atomic E-state index is 0.261. The Labute approximate surface area is 203 Å². The summed E-state index contributed by atoms with van der Waals surface area (Å²) in [5.74, 6) is 2.19. The summed E-state index contributed by atoms with van der Waals surface area (Å²) < 4.78 is 12.5. The molecule has 1 amide bonds. The van der Waals surface area contributed by atoms with Crippen molar-refractivity contribution in [2.45, 2.75) is 13.0 Å². The second-order valence-corrected chi connectivity index (χ2v) is 8.06. The van der Waals surface area contributed by atoms with Crippen LogP contribution in [0.3, 0.4) is 0 Å². The molecule has 35 heavy (non-hydrogen) atoms. The number of hydrogen-bond donors (Lipinski definition) is 2. The van der Waals surface area contributed by atoms with Crippen LogP contribution in [0, 0.1) is 0 Å². The summed E-state index contributed by atoms with van der Waals surface area (Å²) >= 11 is 0. The van der Waals surface area contributed by atoms with E-state index < -0.39 is 6.04 Å². The summed E-state index contributed by atoms with van der Waals surface area (Å²) in [6.45, 7) is 1.87. The lowest BCUT2D eigenvalue weighted by molar-refractivity contribution is -0.113. The summed E-state index contributed by atoms with van der Waals surface area (Å²) in [6, 6.07) is 24.2. The molecule has 0 fully saturated rings. The van der Waals surface area contributed by atoms with Gasteiger partial charge >= 0.3 is 0 Å².